The van der Waals surface area contributed by atoms with Gasteiger partial charge in [-0.15, -0.1) is 0 Å². The highest BCUT2D eigenvalue weighted by Crippen LogP contribution is 2.26. The Morgan fingerprint density at radius 2 is 1.94 bits per heavy atom. The monoisotopic (exact) mass is 375 g/mol. The molecule has 3 nitrogen and oxygen atoms in total. The topological polar surface area (TPSA) is 40.5 Å². The van der Waals surface area contributed by atoms with Crippen LogP contribution in [0.3, 0.4) is 0 Å². The summed E-state index contributed by atoms with van der Waals surface area (Å²) in [7, 11) is 0. The lowest BCUT2D eigenvalue weighted by atomic mass is 9.93. The van der Waals surface area contributed by atoms with Gasteiger partial charge in [0.2, 0.25) is 0 Å². The van der Waals surface area contributed by atoms with E-state index in [9.17, 15) is 9.90 Å². The third-order valence-electron chi connectivity index (χ3n) is 3.29. The number of benzene rings is 1. The van der Waals surface area contributed by atoms with E-state index >= 15 is 0 Å². The number of carbonyl (C=O) groups is 1. The van der Waals surface area contributed by atoms with E-state index in [0.29, 0.717) is 31.5 Å². The third kappa shape index (κ3) is 3.13. The van der Waals surface area contributed by atoms with Crippen LogP contribution in [0, 0.1) is 0 Å². The molecule has 1 amide bonds. The van der Waals surface area contributed by atoms with Gasteiger partial charge in [0, 0.05) is 22.0 Å². The average molecular weight is 377 g/mol. The van der Waals surface area contributed by atoms with Crippen molar-refractivity contribution in [2.75, 3.05) is 13.1 Å². The Kier molecular flexibility index (Phi) is 4.14. The number of hydrogen-bond donors (Lipinski definition) is 1. The Labute approximate surface area is 123 Å². The molecule has 0 spiro atoms. The molecule has 1 aromatic rings. The lowest BCUT2D eigenvalue weighted by molar-refractivity contribution is -0.00205. The average Bonchev–Trinajstić information content (AvgIpc) is 2.31. The van der Waals surface area contributed by atoms with E-state index in [0.717, 1.165) is 8.95 Å². The summed E-state index contributed by atoms with van der Waals surface area (Å²) in [6.07, 6.45) is 1.26. The summed E-state index contributed by atoms with van der Waals surface area (Å²) in [5.74, 6) is 0.0127. The molecule has 0 atom stereocenters. The van der Waals surface area contributed by atoms with E-state index in [2.05, 4.69) is 31.9 Å². The maximum atomic E-state index is 12.4. The Bertz CT molecular complexity index is 464. The molecule has 1 aromatic carbocycles. The first-order chi connectivity index (χ1) is 8.39. The van der Waals surface area contributed by atoms with Crippen molar-refractivity contribution in [1.29, 1.82) is 0 Å². The van der Waals surface area contributed by atoms with Crippen LogP contribution in [0.1, 0.15) is 30.1 Å². The molecule has 0 unspecified atom stereocenters. The number of nitrogens with zero attached hydrogens (tertiary/aromatic N) is 1. The second-order valence-electron chi connectivity index (χ2n) is 4.91. The molecule has 1 saturated heterocycles. The van der Waals surface area contributed by atoms with Crippen LogP contribution in [0.15, 0.2) is 27.1 Å². The first-order valence-electron chi connectivity index (χ1n) is 5.86. The number of aliphatic hydroxyl groups is 1. The summed E-state index contributed by atoms with van der Waals surface area (Å²) in [6.45, 7) is 3.03. The highest BCUT2D eigenvalue weighted by molar-refractivity contribution is 9.11. The van der Waals surface area contributed by atoms with Crippen LogP contribution in [0.25, 0.3) is 0 Å². The molecule has 1 aliphatic rings. The first kappa shape index (κ1) is 14.0. The zero-order chi connectivity index (χ0) is 13.3. The fourth-order valence-electron chi connectivity index (χ4n) is 2.02. The van der Waals surface area contributed by atoms with Crippen LogP contribution in [-0.4, -0.2) is 34.6 Å². The number of halogens is 2. The van der Waals surface area contributed by atoms with Gasteiger partial charge in [-0.3, -0.25) is 4.79 Å². The molecule has 1 N–H and O–H groups in total. The van der Waals surface area contributed by atoms with Crippen LogP contribution in [0.4, 0.5) is 0 Å². The molecule has 18 heavy (non-hydrogen) atoms. The van der Waals surface area contributed by atoms with Crippen molar-refractivity contribution in [1.82, 2.24) is 4.90 Å². The van der Waals surface area contributed by atoms with Crippen molar-refractivity contribution in [3.05, 3.63) is 32.7 Å². The van der Waals surface area contributed by atoms with E-state index in [4.69, 9.17) is 0 Å². The predicted octanol–water partition coefficient (Wildman–Crippen LogP) is 3.20. The van der Waals surface area contributed by atoms with Gasteiger partial charge in [-0.2, -0.15) is 0 Å². The van der Waals surface area contributed by atoms with Crippen molar-refractivity contribution < 1.29 is 9.90 Å². The van der Waals surface area contributed by atoms with Gasteiger partial charge in [-0.05, 0) is 53.9 Å². The number of carbonyl (C=O) groups excluding carboxylic acids is 1. The minimum absolute atomic E-state index is 0.0127. The minimum atomic E-state index is -0.634. The maximum Gasteiger partial charge on any atom is 0.255 e. The van der Waals surface area contributed by atoms with Crippen molar-refractivity contribution >= 4 is 37.8 Å². The minimum Gasteiger partial charge on any atom is -0.390 e. The van der Waals surface area contributed by atoms with Gasteiger partial charge in [0.25, 0.3) is 5.91 Å². The molecule has 1 aliphatic heterocycles. The van der Waals surface area contributed by atoms with E-state index in [-0.39, 0.29) is 5.91 Å². The second-order valence-corrected chi connectivity index (χ2v) is 6.68. The highest BCUT2D eigenvalue weighted by Gasteiger charge is 2.30. The van der Waals surface area contributed by atoms with E-state index in [1.807, 2.05) is 25.1 Å². The molecule has 0 bridgehead atoms. The Hall–Kier alpha value is -0.390. The lowest BCUT2D eigenvalue weighted by Crippen LogP contribution is -2.45. The summed E-state index contributed by atoms with van der Waals surface area (Å²) in [6, 6.07) is 5.57. The van der Waals surface area contributed by atoms with Gasteiger partial charge in [0.15, 0.2) is 0 Å². The van der Waals surface area contributed by atoms with Crippen molar-refractivity contribution in [2.24, 2.45) is 0 Å². The second kappa shape index (κ2) is 5.31. The number of piperidine rings is 1. The van der Waals surface area contributed by atoms with Gasteiger partial charge in [0.05, 0.1) is 11.2 Å². The normalized spacial score (nSPS) is 18.8. The fraction of sp³-hybridized carbons (Fsp3) is 0.462. The molecule has 1 fully saturated rings. The molecule has 98 valence electrons. The quantitative estimate of drug-likeness (QED) is 0.817. The number of amides is 1. The summed E-state index contributed by atoms with van der Waals surface area (Å²) in [5, 5.41) is 9.89. The Balaban J connectivity index is 2.15. The maximum absolute atomic E-state index is 12.4. The Morgan fingerprint density at radius 3 is 2.56 bits per heavy atom. The van der Waals surface area contributed by atoms with E-state index in [1.165, 1.54) is 0 Å². The van der Waals surface area contributed by atoms with Crippen LogP contribution >= 0.6 is 31.9 Å². The van der Waals surface area contributed by atoms with Gasteiger partial charge >= 0.3 is 0 Å². The van der Waals surface area contributed by atoms with Crippen LogP contribution in [-0.2, 0) is 0 Å². The zero-order valence-corrected chi connectivity index (χ0v) is 13.3. The molecule has 0 saturated carbocycles. The first-order valence-corrected chi connectivity index (χ1v) is 7.44. The van der Waals surface area contributed by atoms with Crippen LogP contribution in [0.2, 0.25) is 0 Å². The summed E-state index contributed by atoms with van der Waals surface area (Å²) < 4.78 is 1.69. The molecule has 0 aromatic heterocycles. The smallest absolute Gasteiger partial charge is 0.255 e. The van der Waals surface area contributed by atoms with E-state index < -0.39 is 5.60 Å². The SMILES string of the molecule is CC1(O)CCN(C(=O)c2cc(Br)ccc2Br)CC1. The lowest BCUT2D eigenvalue weighted by Gasteiger charge is -2.36. The highest BCUT2D eigenvalue weighted by atomic mass is 79.9. The molecular weight excluding hydrogens is 362 g/mol. The molecule has 5 heteroatoms. The van der Waals surface area contributed by atoms with Crippen molar-refractivity contribution in [3.8, 4) is 0 Å². The van der Waals surface area contributed by atoms with Gasteiger partial charge in [-0.1, -0.05) is 15.9 Å². The number of hydrogen-bond acceptors (Lipinski definition) is 2. The van der Waals surface area contributed by atoms with Gasteiger partial charge in [0.1, 0.15) is 0 Å². The van der Waals surface area contributed by atoms with Gasteiger partial charge < -0.3 is 10.0 Å². The van der Waals surface area contributed by atoms with Crippen molar-refractivity contribution in [2.45, 2.75) is 25.4 Å². The fourth-order valence-corrected chi connectivity index (χ4v) is 2.80. The standard InChI is InChI=1S/C13H15Br2NO2/c1-13(18)4-6-16(7-5-13)12(17)10-8-9(14)2-3-11(10)15/h2-3,8,18H,4-7H2,1H3. The largest absolute Gasteiger partial charge is 0.390 e. The Morgan fingerprint density at radius 1 is 1.33 bits per heavy atom. The summed E-state index contributed by atoms with van der Waals surface area (Å²) in [5.41, 5.74) is 0.0246. The third-order valence-corrected chi connectivity index (χ3v) is 4.47. The number of rotatable bonds is 1. The predicted molar refractivity (Wildman–Crippen MR) is 77.6 cm³/mol. The number of likely N-dealkylation sites (tertiary alicyclic amines) is 1. The molecule has 1 heterocycles. The zero-order valence-electron chi connectivity index (χ0n) is 10.1. The molecular formula is C13H15Br2NO2. The molecule has 0 radical (unpaired) electrons. The van der Waals surface area contributed by atoms with Crippen LogP contribution < -0.4 is 0 Å². The summed E-state index contributed by atoms with van der Waals surface area (Å²) >= 11 is 6.78. The molecule has 2 rings (SSSR count). The van der Waals surface area contributed by atoms with Gasteiger partial charge in [-0.25, -0.2) is 0 Å². The molecule has 0 aliphatic carbocycles. The summed E-state index contributed by atoms with van der Waals surface area (Å²) in [4.78, 5) is 14.2. The van der Waals surface area contributed by atoms with E-state index in [1.54, 1.807) is 4.90 Å². The van der Waals surface area contributed by atoms with Crippen molar-refractivity contribution in [3.63, 3.8) is 0 Å². The van der Waals surface area contributed by atoms with Crippen LogP contribution in [0.5, 0.6) is 0 Å².